The largest absolute Gasteiger partial charge is 0.376 e. The molecule has 2 fully saturated rings. The van der Waals surface area contributed by atoms with Gasteiger partial charge in [0.05, 0.1) is 11.6 Å². The second kappa shape index (κ2) is 5.08. The molecule has 2 rings (SSSR count). The molecule has 3 nitrogen and oxygen atoms in total. The summed E-state index contributed by atoms with van der Waals surface area (Å²) in [6, 6.07) is 0. The third-order valence-corrected chi connectivity index (χ3v) is 5.85. The predicted molar refractivity (Wildman–Crippen MR) is 74.5 cm³/mol. The summed E-state index contributed by atoms with van der Waals surface area (Å²) in [5, 5.41) is 0. The molecule has 0 saturated carbocycles. The van der Waals surface area contributed by atoms with Crippen LogP contribution in [0.3, 0.4) is 0 Å². The van der Waals surface area contributed by atoms with Gasteiger partial charge in [-0.25, -0.2) is 0 Å². The van der Waals surface area contributed by atoms with Gasteiger partial charge >= 0.3 is 0 Å². The summed E-state index contributed by atoms with van der Waals surface area (Å²) in [5.41, 5.74) is 6.18. The molecule has 0 aromatic carbocycles. The fraction of sp³-hybridized carbons (Fsp3) is 1.00. The van der Waals surface area contributed by atoms with E-state index in [0.717, 1.165) is 32.7 Å². The summed E-state index contributed by atoms with van der Waals surface area (Å²) >= 11 is 2.09. The second-order valence-corrected chi connectivity index (χ2v) is 7.72. The number of nitrogens with zero attached hydrogens (tertiary/aromatic N) is 1. The van der Waals surface area contributed by atoms with Gasteiger partial charge in [0, 0.05) is 36.7 Å². The Morgan fingerprint density at radius 2 is 2.12 bits per heavy atom. The normalized spacial score (nSPS) is 39.2. The van der Waals surface area contributed by atoms with Crippen LogP contribution < -0.4 is 5.73 Å². The Balaban J connectivity index is 2.10. The van der Waals surface area contributed by atoms with Crippen molar-refractivity contribution in [3.05, 3.63) is 0 Å². The first kappa shape index (κ1) is 13.7. The molecule has 0 bridgehead atoms. The fourth-order valence-electron chi connectivity index (χ4n) is 3.05. The summed E-state index contributed by atoms with van der Waals surface area (Å²) in [7, 11) is 0. The van der Waals surface area contributed by atoms with E-state index in [0.29, 0.717) is 4.75 Å². The van der Waals surface area contributed by atoms with Crippen molar-refractivity contribution in [2.75, 3.05) is 32.0 Å². The number of ether oxygens (including phenoxy) is 1. The van der Waals surface area contributed by atoms with E-state index in [2.05, 4.69) is 37.4 Å². The highest BCUT2D eigenvalue weighted by Gasteiger charge is 2.45. The first-order valence-corrected chi connectivity index (χ1v) is 7.69. The number of thioether (sulfide) groups is 1. The zero-order valence-electron chi connectivity index (χ0n) is 11.4. The Morgan fingerprint density at radius 1 is 1.35 bits per heavy atom. The lowest BCUT2D eigenvalue weighted by Crippen LogP contribution is -2.58. The number of hydrogen-bond acceptors (Lipinski definition) is 4. The van der Waals surface area contributed by atoms with Crippen LogP contribution in [0, 0.1) is 0 Å². The van der Waals surface area contributed by atoms with Crippen LogP contribution in [0.1, 0.15) is 33.6 Å². The molecule has 0 aromatic heterocycles. The summed E-state index contributed by atoms with van der Waals surface area (Å²) < 4.78 is 6.19. The first-order chi connectivity index (χ1) is 8.00. The molecule has 0 aromatic rings. The summed E-state index contributed by atoms with van der Waals surface area (Å²) in [5.74, 6) is 1.21. The molecule has 4 heteroatoms. The number of rotatable bonds is 2. The van der Waals surface area contributed by atoms with Crippen molar-refractivity contribution < 1.29 is 4.74 Å². The van der Waals surface area contributed by atoms with Gasteiger partial charge in [0.1, 0.15) is 0 Å². The highest BCUT2D eigenvalue weighted by Crippen LogP contribution is 2.37. The standard InChI is InChI=1S/C13H26N2OS/c1-11-13(10-14,5-8-16-11)15-6-4-12(2,3)17-9-7-15/h11H,4-10,14H2,1-3H3. The third-order valence-electron chi connectivity index (χ3n) is 4.48. The van der Waals surface area contributed by atoms with E-state index >= 15 is 0 Å². The van der Waals surface area contributed by atoms with Crippen molar-refractivity contribution in [3.63, 3.8) is 0 Å². The first-order valence-electron chi connectivity index (χ1n) is 6.71. The van der Waals surface area contributed by atoms with Crippen molar-refractivity contribution >= 4 is 11.8 Å². The lowest BCUT2D eigenvalue weighted by atomic mass is 9.89. The van der Waals surface area contributed by atoms with Crippen molar-refractivity contribution in [1.82, 2.24) is 4.90 Å². The van der Waals surface area contributed by atoms with Gasteiger partial charge in [0.15, 0.2) is 0 Å². The van der Waals surface area contributed by atoms with E-state index in [-0.39, 0.29) is 11.6 Å². The van der Waals surface area contributed by atoms with Gasteiger partial charge in [0.25, 0.3) is 0 Å². The van der Waals surface area contributed by atoms with E-state index in [1.54, 1.807) is 0 Å². The molecule has 0 spiro atoms. The molecule has 0 radical (unpaired) electrons. The minimum atomic E-state index is 0.0982. The fourth-order valence-corrected chi connectivity index (χ4v) is 4.15. The van der Waals surface area contributed by atoms with E-state index < -0.39 is 0 Å². The molecule has 2 unspecified atom stereocenters. The van der Waals surface area contributed by atoms with Gasteiger partial charge in [-0.1, -0.05) is 13.8 Å². The zero-order valence-corrected chi connectivity index (χ0v) is 12.2. The highest BCUT2D eigenvalue weighted by atomic mass is 32.2. The Bertz CT molecular complexity index is 272. The highest BCUT2D eigenvalue weighted by molar-refractivity contribution is 8.00. The van der Waals surface area contributed by atoms with Crippen molar-refractivity contribution in [2.24, 2.45) is 5.73 Å². The minimum Gasteiger partial charge on any atom is -0.376 e. The molecule has 2 saturated heterocycles. The lowest BCUT2D eigenvalue weighted by Gasteiger charge is -2.42. The van der Waals surface area contributed by atoms with Crippen LogP contribution in [-0.4, -0.2) is 53.3 Å². The average molecular weight is 258 g/mol. The van der Waals surface area contributed by atoms with E-state index in [4.69, 9.17) is 10.5 Å². The predicted octanol–water partition coefficient (Wildman–Crippen LogP) is 1.71. The van der Waals surface area contributed by atoms with Crippen molar-refractivity contribution in [3.8, 4) is 0 Å². The topological polar surface area (TPSA) is 38.5 Å². The van der Waals surface area contributed by atoms with Crippen LogP contribution in [-0.2, 0) is 4.74 Å². The number of nitrogens with two attached hydrogens (primary N) is 1. The van der Waals surface area contributed by atoms with Gasteiger partial charge in [0.2, 0.25) is 0 Å². The molecule has 100 valence electrons. The summed E-state index contributed by atoms with van der Waals surface area (Å²) in [6.45, 7) is 10.8. The molecular weight excluding hydrogens is 232 g/mol. The Hall–Kier alpha value is 0.230. The quantitative estimate of drug-likeness (QED) is 0.818. The lowest BCUT2D eigenvalue weighted by molar-refractivity contribution is 0.0171. The third kappa shape index (κ3) is 2.65. The molecule has 2 aliphatic rings. The summed E-state index contributed by atoms with van der Waals surface area (Å²) in [4.78, 5) is 2.60. The van der Waals surface area contributed by atoms with Crippen molar-refractivity contribution in [1.29, 1.82) is 0 Å². The maximum absolute atomic E-state index is 6.08. The van der Waals surface area contributed by atoms with E-state index in [9.17, 15) is 0 Å². The maximum atomic E-state index is 6.08. The van der Waals surface area contributed by atoms with Crippen LogP contribution >= 0.6 is 11.8 Å². The smallest absolute Gasteiger partial charge is 0.0743 e. The maximum Gasteiger partial charge on any atom is 0.0743 e. The van der Waals surface area contributed by atoms with Crippen LogP contribution in [0.25, 0.3) is 0 Å². The van der Waals surface area contributed by atoms with Gasteiger partial charge in [-0.3, -0.25) is 4.90 Å². The molecule has 0 aliphatic carbocycles. The van der Waals surface area contributed by atoms with E-state index in [1.807, 2.05) is 0 Å². The second-order valence-electron chi connectivity index (χ2n) is 5.92. The average Bonchev–Trinajstić information content (AvgIpc) is 2.55. The number of hydrogen-bond donors (Lipinski definition) is 1. The minimum absolute atomic E-state index is 0.0982. The molecule has 17 heavy (non-hydrogen) atoms. The zero-order chi connectivity index (χ0) is 12.5. The Labute approximate surface area is 109 Å². The molecule has 0 amide bonds. The van der Waals surface area contributed by atoms with E-state index in [1.165, 1.54) is 12.2 Å². The Kier molecular flexibility index (Phi) is 4.08. The molecular formula is C13H26N2OS. The molecule has 2 atom stereocenters. The van der Waals surface area contributed by atoms with Crippen LogP contribution in [0.15, 0.2) is 0 Å². The monoisotopic (exact) mass is 258 g/mol. The van der Waals surface area contributed by atoms with Crippen LogP contribution in [0.5, 0.6) is 0 Å². The van der Waals surface area contributed by atoms with Crippen LogP contribution in [0.2, 0.25) is 0 Å². The summed E-state index contributed by atoms with van der Waals surface area (Å²) in [6.07, 6.45) is 2.61. The Morgan fingerprint density at radius 3 is 2.71 bits per heavy atom. The van der Waals surface area contributed by atoms with Crippen LogP contribution in [0.4, 0.5) is 0 Å². The van der Waals surface area contributed by atoms with Gasteiger partial charge in [-0.2, -0.15) is 11.8 Å². The SMILES string of the molecule is CC1OCCC1(CN)N1CCSC(C)(C)CC1. The van der Waals surface area contributed by atoms with Crippen molar-refractivity contribution in [2.45, 2.75) is 50.0 Å². The molecule has 2 heterocycles. The molecule has 2 N–H and O–H groups in total. The van der Waals surface area contributed by atoms with Gasteiger partial charge in [-0.15, -0.1) is 0 Å². The van der Waals surface area contributed by atoms with Gasteiger partial charge in [-0.05, 0) is 19.8 Å². The molecule has 2 aliphatic heterocycles. The van der Waals surface area contributed by atoms with Gasteiger partial charge < -0.3 is 10.5 Å².